The molecule has 22 heavy (non-hydrogen) atoms. The third-order valence-corrected chi connectivity index (χ3v) is 3.51. The third kappa shape index (κ3) is 2.85. The molecule has 1 aliphatic rings. The predicted octanol–water partition coefficient (Wildman–Crippen LogP) is 1.21. The molecule has 0 saturated carbocycles. The number of hydrazine groups is 1. The zero-order valence-corrected chi connectivity index (χ0v) is 13.5. The zero-order chi connectivity index (χ0) is 16.3. The summed E-state index contributed by atoms with van der Waals surface area (Å²) in [6.07, 6.45) is 1.67. The maximum Gasteiger partial charge on any atom is 0.329 e. The summed E-state index contributed by atoms with van der Waals surface area (Å²) in [6, 6.07) is 1.20. The summed E-state index contributed by atoms with van der Waals surface area (Å²) in [7, 11) is 4.97. The van der Waals surface area contributed by atoms with Crippen LogP contribution in [-0.2, 0) is 9.53 Å². The largest absolute Gasteiger partial charge is 0.496 e. The van der Waals surface area contributed by atoms with Crippen molar-refractivity contribution in [3.8, 4) is 11.6 Å². The number of nitrogens with zero attached hydrogens (tertiary/aromatic N) is 2. The van der Waals surface area contributed by atoms with Crippen LogP contribution >= 0.6 is 0 Å². The summed E-state index contributed by atoms with van der Waals surface area (Å²) in [5.74, 6) is 0.788. The van der Waals surface area contributed by atoms with Gasteiger partial charge in [-0.2, -0.15) is 0 Å². The molecule has 0 bridgehead atoms. The van der Waals surface area contributed by atoms with Gasteiger partial charge in [0, 0.05) is 19.3 Å². The van der Waals surface area contributed by atoms with Gasteiger partial charge in [0.25, 0.3) is 0 Å². The van der Waals surface area contributed by atoms with Gasteiger partial charge in [-0.3, -0.25) is 0 Å². The van der Waals surface area contributed by atoms with E-state index in [0.717, 1.165) is 16.8 Å². The Morgan fingerprint density at radius 2 is 2.14 bits per heavy atom. The molecule has 1 aromatic heterocycles. The Morgan fingerprint density at radius 3 is 2.73 bits per heavy atom. The standard InChI is InChI=1S/C15H21N3O4/c1-6-22-15(19)13-9(2)14(18(3)17-13)10-8-16-12(21-5)7-11(10)20-4/h7-8,13,17H,6H2,1-5H3. The van der Waals surface area contributed by atoms with Gasteiger partial charge in [-0.15, -0.1) is 0 Å². The van der Waals surface area contributed by atoms with E-state index < -0.39 is 6.04 Å². The van der Waals surface area contributed by atoms with Crippen LogP contribution < -0.4 is 14.9 Å². The van der Waals surface area contributed by atoms with Crippen molar-refractivity contribution in [3.63, 3.8) is 0 Å². The van der Waals surface area contributed by atoms with Crippen LogP contribution in [0.1, 0.15) is 19.4 Å². The molecule has 1 aliphatic heterocycles. The van der Waals surface area contributed by atoms with E-state index in [-0.39, 0.29) is 5.97 Å². The Labute approximate surface area is 129 Å². The zero-order valence-electron chi connectivity index (χ0n) is 13.5. The van der Waals surface area contributed by atoms with E-state index >= 15 is 0 Å². The van der Waals surface area contributed by atoms with Crippen LogP contribution in [0.5, 0.6) is 11.6 Å². The first-order valence-corrected chi connectivity index (χ1v) is 6.99. The highest BCUT2D eigenvalue weighted by molar-refractivity contribution is 5.86. The number of esters is 1. The summed E-state index contributed by atoms with van der Waals surface area (Å²) in [6.45, 7) is 4.01. The lowest BCUT2D eigenvalue weighted by Crippen LogP contribution is -2.40. The number of rotatable bonds is 5. The lowest BCUT2D eigenvalue weighted by atomic mass is 10.0. The minimum Gasteiger partial charge on any atom is -0.496 e. The SMILES string of the molecule is CCOC(=O)C1NN(C)C(c2cnc(OC)cc2OC)=C1C. The van der Waals surface area contributed by atoms with Crippen LogP contribution in [0.2, 0.25) is 0 Å². The predicted molar refractivity (Wildman–Crippen MR) is 81.3 cm³/mol. The number of methoxy groups -OCH3 is 2. The third-order valence-electron chi connectivity index (χ3n) is 3.51. The van der Waals surface area contributed by atoms with Crippen molar-refractivity contribution in [1.29, 1.82) is 0 Å². The van der Waals surface area contributed by atoms with Crippen molar-refractivity contribution in [2.75, 3.05) is 27.9 Å². The molecule has 0 saturated heterocycles. The van der Waals surface area contributed by atoms with Gasteiger partial charge < -0.3 is 19.2 Å². The first kappa shape index (κ1) is 16.1. The van der Waals surface area contributed by atoms with Crippen LogP contribution in [0, 0.1) is 0 Å². The molecule has 0 radical (unpaired) electrons. The second-order valence-corrected chi connectivity index (χ2v) is 4.83. The lowest BCUT2D eigenvalue weighted by Gasteiger charge is -2.19. The molecule has 0 spiro atoms. The van der Waals surface area contributed by atoms with Crippen molar-refractivity contribution >= 4 is 11.7 Å². The number of nitrogens with one attached hydrogen (secondary N) is 1. The van der Waals surface area contributed by atoms with E-state index in [1.165, 1.54) is 0 Å². The van der Waals surface area contributed by atoms with Gasteiger partial charge in [0.05, 0.1) is 32.1 Å². The number of hydrogen-bond donors (Lipinski definition) is 1. The fourth-order valence-corrected chi connectivity index (χ4v) is 2.48. The molecule has 1 atom stereocenters. The fraction of sp³-hybridized carbons (Fsp3) is 0.467. The summed E-state index contributed by atoms with van der Waals surface area (Å²) in [5.41, 5.74) is 5.56. The van der Waals surface area contributed by atoms with Crippen molar-refractivity contribution in [2.24, 2.45) is 0 Å². The number of hydrogen-bond acceptors (Lipinski definition) is 7. The minimum atomic E-state index is -0.508. The molecular formula is C15H21N3O4. The van der Waals surface area contributed by atoms with Crippen LogP contribution in [-0.4, -0.2) is 49.9 Å². The maximum absolute atomic E-state index is 12.0. The van der Waals surface area contributed by atoms with E-state index in [1.807, 2.05) is 14.0 Å². The van der Waals surface area contributed by atoms with Crippen molar-refractivity contribution in [3.05, 3.63) is 23.4 Å². The van der Waals surface area contributed by atoms with Gasteiger partial charge >= 0.3 is 5.97 Å². The topological polar surface area (TPSA) is 72.9 Å². The highest BCUT2D eigenvalue weighted by Gasteiger charge is 2.34. The molecule has 7 heteroatoms. The molecule has 0 amide bonds. The molecule has 2 heterocycles. The lowest BCUT2D eigenvalue weighted by molar-refractivity contribution is -0.145. The van der Waals surface area contributed by atoms with Crippen LogP contribution in [0.4, 0.5) is 0 Å². The molecule has 2 rings (SSSR count). The van der Waals surface area contributed by atoms with Crippen molar-refractivity contribution in [1.82, 2.24) is 15.4 Å². The van der Waals surface area contributed by atoms with Gasteiger partial charge in [0.1, 0.15) is 11.8 Å². The van der Waals surface area contributed by atoms with Gasteiger partial charge in [0.15, 0.2) is 0 Å². The molecule has 0 aliphatic carbocycles. The molecular weight excluding hydrogens is 286 g/mol. The number of pyridine rings is 1. The van der Waals surface area contributed by atoms with Crippen LogP contribution in [0.25, 0.3) is 5.70 Å². The Morgan fingerprint density at radius 1 is 1.41 bits per heavy atom. The molecule has 7 nitrogen and oxygen atoms in total. The first-order chi connectivity index (χ1) is 10.5. The number of carbonyl (C=O) groups excluding carboxylic acids is 1. The summed E-state index contributed by atoms with van der Waals surface area (Å²) in [5, 5.41) is 1.78. The number of carbonyl (C=O) groups is 1. The normalized spacial score (nSPS) is 17.7. The van der Waals surface area contributed by atoms with Crippen molar-refractivity contribution < 1.29 is 19.0 Å². The summed E-state index contributed by atoms with van der Waals surface area (Å²) in [4.78, 5) is 16.2. The highest BCUT2D eigenvalue weighted by atomic mass is 16.5. The van der Waals surface area contributed by atoms with E-state index in [2.05, 4.69) is 10.4 Å². The second kappa shape index (κ2) is 6.65. The van der Waals surface area contributed by atoms with Gasteiger partial charge in [0.2, 0.25) is 5.88 Å². The molecule has 120 valence electrons. The smallest absolute Gasteiger partial charge is 0.329 e. The average Bonchev–Trinajstić information content (AvgIpc) is 2.81. The summed E-state index contributed by atoms with van der Waals surface area (Å²) < 4.78 is 15.6. The Balaban J connectivity index is 2.44. The molecule has 1 aromatic rings. The Bertz CT molecular complexity index is 600. The van der Waals surface area contributed by atoms with E-state index in [1.54, 1.807) is 38.4 Å². The van der Waals surface area contributed by atoms with Crippen LogP contribution in [0.15, 0.2) is 17.8 Å². The van der Waals surface area contributed by atoms with Crippen LogP contribution in [0.3, 0.4) is 0 Å². The van der Waals surface area contributed by atoms with E-state index in [4.69, 9.17) is 14.2 Å². The van der Waals surface area contributed by atoms with Gasteiger partial charge in [-0.05, 0) is 19.4 Å². The second-order valence-electron chi connectivity index (χ2n) is 4.83. The Hall–Kier alpha value is -2.28. The maximum atomic E-state index is 12.0. The van der Waals surface area contributed by atoms with Gasteiger partial charge in [-0.1, -0.05) is 0 Å². The monoisotopic (exact) mass is 307 g/mol. The van der Waals surface area contributed by atoms with E-state index in [0.29, 0.717) is 18.2 Å². The number of ether oxygens (including phenoxy) is 3. The minimum absolute atomic E-state index is 0.303. The molecule has 0 aromatic carbocycles. The Kier molecular flexibility index (Phi) is 4.87. The quantitative estimate of drug-likeness (QED) is 0.820. The van der Waals surface area contributed by atoms with E-state index in [9.17, 15) is 4.79 Å². The summed E-state index contributed by atoms with van der Waals surface area (Å²) >= 11 is 0. The molecule has 1 N–H and O–H groups in total. The average molecular weight is 307 g/mol. The van der Waals surface area contributed by atoms with Crippen molar-refractivity contribution in [2.45, 2.75) is 19.9 Å². The molecule has 1 unspecified atom stereocenters. The first-order valence-electron chi connectivity index (χ1n) is 6.99. The number of aromatic nitrogens is 1. The highest BCUT2D eigenvalue weighted by Crippen LogP contribution is 2.35. The van der Waals surface area contributed by atoms with Gasteiger partial charge in [-0.25, -0.2) is 15.2 Å². The molecule has 0 fully saturated rings. The fourth-order valence-electron chi connectivity index (χ4n) is 2.48.